The van der Waals surface area contributed by atoms with Crippen molar-refractivity contribution < 1.29 is 0 Å². The van der Waals surface area contributed by atoms with E-state index in [1.165, 1.54) is 19.3 Å². The highest BCUT2D eigenvalue weighted by atomic mass is 15.3. The van der Waals surface area contributed by atoms with Gasteiger partial charge in [-0.1, -0.05) is 20.8 Å². The lowest BCUT2D eigenvalue weighted by Crippen LogP contribution is -2.49. The average molecular weight is 305 g/mol. The summed E-state index contributed by atoms with van der Waals surface area (Å²) < 4.78 is 2.24. The summed E-state index contributed by atoms with van der Waals surface area (Å²) in [6.45, 7) is 9.97. The average Bonchev–Trinajstić information content (AvgIpc) is 3.02. The number of aromatic nitrogens is 2. The van der Waals surface area contributed by atoms with Crippen LogP contribution in [0.4, 0.5) is 0 Å². The smallest absolute Gasteiger partial charge is 0.193 e. The van der Waals surface area contributed by atoms with Gasteiger partial charge in [0.2, 0.25) is 0 Å². The molecule has 22 heavy (non-hydrogen) atoms. The zero-order chi connectivity index (χ0) is 15.9. The first-order chi connectivity index (χ1) is 10.6. The molecule has 1 aliphatic heterocycles. The van der Waals surface area contributed by atoms with Gasteiger partial charge >= 0.3 is 0 Å². The molecule has 0 radical (unpaired) electrons. The summed E-state index contributed by atoms with van der Waals surface area (Å²) in [4.78, 5) is 11.1. The fourth-order valence-electron chi connectivity index (χ4n) is 3.14. The molecule has 2 atom stereocenters. The predicted octanol–water partition coefficient (Wildman–Crippen LogP) is 2.78. The zero-order valence-corrected chi connectivity index (χ0v) is 14.5. The molecule has 0 aliphatic carbocycles. The van der Waals surface area contributed by atoms with Crippen molar-refractivity contribution in [3.8, 4) is 0 Å². The molecule has 124 valence electrons. The Kier molecular flexibility index (Phi) is 6.28. The number of piperidine rings is 1. The first-order valence-electron chi connectivity index (χ1n) is 8.54. The highest BCUT2D eigenvalue weighted by molar-refractivity contribution is 5.80. The zero-order valence-electron chi connectivity index (χ0n) is 14.5. The standard InChI is InChI=1S/C17H31N5/c1-14(2)6-5-8-20-17(18-4)21-10-7-15(3)16(12-21)22-11-9-19-13-22/h9,11,13-16H,5-8,10,12H2,1-4H3,(H,18,20). The second-order valence-corrected chi connectivity index (χ2v) is 6.80. The van der Waals surface area contributed by atoms with E-state index in [0.29, 0.717) is 12.0 Å². The van der Waals surface area contributed by atoms with Crippen molar-refractivity contribution >= 4 is 5.96 Å². The molecular formula is C17H31N5. The molecule has 1 fully saturated rings. The van der Waals surface area contributed by atoms with Gasteiger partial charge in [0.1, 0.15) is 0 Å². The molecule has 0 saturated carbocycles. The third-order valence-electron chi connectivity index (χ3n) is 4.58. The van der Waals surface area contributed by atoms with Crippen molar-refractivity contribution in [1.29, 1.82) is 0 Å². The van der Waals surface area contributed by atoms with Crippen LogP contribution in [0.5, 0.6) is 0 Å². The van der Waals surface area contributed by atoms with Gasteiger partial charge in [-0.05, 0) is 31.1 Å². The first-order valence-corrected chi connectivity index (χ1v) is 8.54. The minimum Gasteiger partial charge on any atom is -0.356 e. The van der Waals surface area contributed by atoms with Gasteiger partial charge in [-0.25, -0.2) is 4.98 Å². The molecule has 0 aromatic carbocycles. The summed E-state index contributed by atoms with van der Waals surface area (Å²) in [6, 6.07) is 0.477. The van der Waals surface area contributed by atoms with E-state index in [4.69, 9.17) is 0 Å². The van der Waals surface area contributed by atoms with Gasteiger partial charge in [-0.3, -0.25) is 4.99 Å². The van der Waals surface area contributed by atoms with Crippen LogP contribution in [0.1, 0.15) is 46.1 Å². The molecule has 0 amide bonds. The van der Waals surface area contributed by atoms with Crippen LogP contribution >= 0.6 is 0 Å². The van der Waals surface area contributed by atoms with Crippen LogP contribution in [0.15, 0.2) is 23.7 Å². The molecule has 1 N–H and O–H groups in total. The lowest BCUT2D eigenvalue weighted by Gasteiger charge is -2.39. The molecule has 5 heteroatoms. The number of nitrogens with one attached hydrogen (secondary N) is 1. The van der Waals surface area contributed by atoms with Crippen LogP contribution < -0.4 is 5.32 Å². The molecule has 2 heterocycles. The summed E-state index contributed by atoms with van der Waals surface area (Å²) in [6.07, 6.45) is 9.53. The highest BCUT2D eigenvalue weighted by Gasteiger charge is 2.28. The van der Waals surface area contributed by atoms with Crippen molar-refractivity contribution in [3.63, 3.8) is 0 Å². The van der Waals surface area contributed by atoms with E-state index in [9.17, 15) is 0 Å². The number of hydrogen-bond acceptors (Lipinski definition) is 2. The number of aliphatic imine (C=N–C) groups is 1. The largest absolute Gasteiger partial charge is 0.356 e. The van der Waals surface area contributed by atoms with Crippen molar-refractivity contribution in [2.75, 3.05) is 26.7 Å². The van der Waals surface area contributed by atoms with Crippen molar-refractivity contribution in [2.45, 2.75) is 46.1 Å². The van der Waals surface area contributed by atoms with Crippen LogP contribution in [-0.2, 0) is 0 Å². The molecule has 1 aromatic rings. The molecule has 2 rings (SSSR count). The number of guanidine groups is 1. The maximum Gasteiger partial charge on any atom is 0.193 e. The monoisotopic (exact) mass is 305 g/mol. The molecular weight excluding hydrogens is 274 g/mol. The molecule has 5 nitrogen and oxygen atoms in total. The van der Waals surface area contributed by atoms with Gasteiger partial charge in [0, 0.05) is 39.1 Å². The Hall–Kier alpha value is -1.52. The van der Waals surface area contributed by atoms with E-state index in [1.54, 1.807) is 0 Å². The SMILES string of the molecule is CN=C(NCCCC(C)C)N1CCC(C)C(n2ccnc2)C1. The Morgan fingerprint density at radius 1 is 1.45 bits per heavy atom. The van der Waals surface area contributed by atoms with Gasteiger partial charge in [0.05, 0.1) is 12.4 Å². The summed E-state index contributed by atoms with van der Waals surface area (Å²) >= 11 is 0. The Morgan fingerprint density at radius 3 is 2.91 bits per heavy atom. The molecule has 1 aromatic heterocycles. The van der Waals surface area contributed by atoms with Gasteiger partial charge in [-0.15, -0.1) is 0 Å². The van der Waals surface area contributed by atoms with E-state index in [0.717, 1.165) is 31.5 Å². The maximum atomic E-state index is 4.48. The van der Waals surface area contributed by atoms with Gasteiger partial charge in [0.15, 0.2) is 5.96 Å². The second-order valence-electron chi connectivity index (χ2n) is 6.80. The predicted molar refractivity (Wildman–Crippen MR) is 92.1 cm³/mol. The molecule has 1 aliphatic rings. The van der Waals surface area contributed by atoms with Crippen LogP contribution in [0.2, 0.25) is 0 Å². The normalized spacial score (nSPS) is 23.1. The van der Waals surface area contributed by atoms with E-state index in [-0.39, 0.29) is 0 Å². The number of imidazole rings is 1. The molecule has 2 unspecified atom stereocenters. The fraction of sp³-hybridized carbons (Fsp3) is 0.765. The third kappa shape index (κ3) is 4.49. The highest BCUT2D eigenvalue weighted by Crippen LogP contribution is 2.27. The summed E-state index contributed by atoms with van der Waals surface area (Å²) in [5.41, 5.74) is 0. The van der Waals surface area contributed by atoms with Gasteiger partial charge in [0.25, 0.3) is 0 Å². The number of rotatable bonds is 5. The van der Waals surface area contributed by atoms with Crippen molar-refractivity contribution in [2.24, 2.45) is 16.8 Å². The van der Waals surface area contributed by atoms with E-state index in [1.807, 2.05) is 19.6 Å². The quantitative estimate of drug-likeness (QED) is 0.517. The molecule has 0 spiro atoms. The summed E-state index contributed by atoms with van der Waals surface area (Å²) in [7, 11) is 1.88. The van der Waals surface area contributed by atoms with E-state index in [2.05, 4.69) is 51.7 Å². The van der Waals surface area contributed by atoms with Crippen LogP contribution in [0, 0.1) is 11.8 Å². The minimum atomic E-state index is 0.477. The lowest BCUT2D eigenvalue weighted by molar-refractivity contribution is 0.189. The van der Waals surface area contributed by atoms with Crippen molar-refractivity contribution in [1.82, 2.24) is 19.8 Å². The second kappa shape index (κ2) is 8.20. The Bertz CT molecular complexity index is 452. The first kappa shape index (κ1) is 16.8. The summed E-state index contributed by atoms with van der Waals surface area (Å²) in [5.74, 6) is 2.48. The van der Waals surface area contributed by atoms with E-state index < -0.39 is 0 Å². The number of nitrogens with zero attached hydrogens (tertiary/aromatic N) is 4. The fourth-order valence-corrected chi connectivity index (χ4v) is 3.14. The third-order valence-corrected chi connectivity index (χ3v) is 4.58. The van der Waals surface area contributed by atoms with Crippen LogP contribution in [0.25, 0.3) is 0 Å². The summed E-state index contributed by atoms with van der Waals surface area (Å²) in [5, 5.41) is 3.53. The van der Waals surface area contributed by atoms with Gasteiger partial charge in [-0.2, -0.15) is 0 Å². The maximum absolute atomic E-state index is 4.48. The van der Waals surface area contributed by atoms with Crippen molar-refractivity contribution in [3.05, 3.63) is 18.7 Å². The van der Waals surface area contributed by atoms with Crippen LogP contribution in [-0.4, -0.2) is 47.1 Å². The van der Waals surface area contributed by atoms with Crippen LogP contribution in [0.3, 0.4) is 0 Å². The number of likely N-dealkylation sites (tertiary alicyclic amines) is 1. The topological polar surface area (TPSA) is 45.5 Å². The van der Waals surface area contributed by atoms with Gasteiger partial charge < -0.3 is 14.8 Å². The number of hydrogen-bond donors (Lipinski definition) is 1. The minimum absolute atomic E-state index is 0.477. The molecule has 0 bridgehead atoms. The molecule has 1 saturated heterocycles. The van der Waals surface area contributed by atoms with E-state index >= 15 is 0 Å². The Labute approximate surface area is 134 Å². The Morgan fingerprint density at radius 2 is 2.27 bits per heavy atom. The lowest BCUT2D eigenvalue weighted by atomic mass is 9.93. The Balaban J connectivity index is 1.90.